The summed E-state index contributed by atoms with van der Waals surface area (Å²) in [5.41, 5.74) is 3.28. The lowest BCUT2D eigenvalue weighted by Gasteiger charge is -2.12. The number of hydrogen-bond donors (Lipinski definition) is 3. The van der Waals surface area contributed by atoms with E-state index in [0.717, 1.165) is 16.7 Å². The Balaban J connectivity index is 2.33. The van der Waals surface area contributed by atoms with Gasteiger partial charge in [0.05, 0.1) is 6.33 Å². The SMILES string of the molecule is Cc1cc(C)c(NC(=O)c2nc[nH]c2C(=O)O)c(C)c1. The van der Waals surface area contributed by atoms with Gasteiger partial charge in [0.15, 0.2) is 11.4 Å². The molecule has 1 heterocycles. The first kappa shape index (κ1) is 13.8. The van der Waals surface area contributed by atoms with Crippen LogP contribution in [-0.2, 0) is 0 Å². The lowest BCUT2D eigenvalue weighted by atomic mass is 10.0. The second-order valence-corrected chi connectivity index (χ2v) is 4.66. The second kappa shape index (κ2) is 5.16. The molecule has 1 aromatic heterocycles. The molecular formula is C14H15N3O3. The van der Waals surface area contributed by atoms with Gasteiger partial charge in [-0.25, -0.2) is 9.78 Å². The lowest BCUT2D eigenvalue weighted by Crippen LogP contribution is -2.17. The minimum absolute atomic E-state index is 0.128. The van der Waals surface area contributed by atoms with E-state index in [9.17, 15) is 9.59 Å². The monoisotopic (exact) mass is 273 g/mol. The van der Waals surface area contributed by atoms with Crippen molar-refractivity contribution in [3.63, 3.8) is 0 Å². The van der Waals surface area contributed by atoms with E-state index in [1.807, 2.05) is 32.9 Å². The van der Waals surface area contributed by atoms with Gasteiger partial charge in [0.2, 0.25) is 0 Å². The number of carbonyl (C=O) groups excluding carboxylic acids is 1. The molecule has 20 heavy (non-hydrogen) atoms. The zero-order valence-electron chi connectivity index (χ0n) is 11.4. The van der Waals surface area contributed by atoms with E-state index in [0.29, 0.717) is 5.69 Å². The van der Waals surface area contributed by atoms with Gasteiger partial charge in [-0.1, -0.05) is 17.7 Å². The number of carbonyl (C=O) groups is 2. The summed E-state index contributed by atoms with van der Waals surface area (Å²) >= 11 is 0. The number of amides is 1. The molecule has 0 atom stereocenters. The van der Waals surface area contributed by atoms with E-state index in [-0.39, 0.29) is 11.4 Å². The summed E-state index contributed by atoms with van der Waals surface area (Å²) in [5, 5.41) is 11.7. The van der Waals surface area contributed by atoms with Gasteiger partial charge >= 0.3 is 5.97 Å². The zero-order valence-corrected chi connectivity index (χ0v) is 11.4. The third-order valence-corrected chi connectivity index (χ3v) is 2.98. The van der Waals surface area contributed by atoms with Crippen LogP contribution >= 0.6 is 0 Å². The molecule has 0 radical (unpaired) electrons. The molecule has 0 unspecified atom stereocenters. The molecule has 0 aliphatic rings. The van der Waals surface area contributed by atoms with Crippen LogP contribution < -0.4 is 5.32 Å². The van der Waals surface area contributed by atoms with Crippen molar-refractivity contribution >= 4 is 17.6 Å². The fourth-order valence-electron chi connectivity index (χ4n) is 2.18. The van der Waals surface area contributed by atoms with E-state index in [1.54, 1.807) is 0 Å². The standard InChI is InChI=1S/C14H15N3O3/c1-7-4-8(2)10(9(3)5-7)17-13(18)11-12(14(19)20)16-6-15-11/h4-6H,1-3H3,(H,15,16)(H,17,18)(H,19,20). The zero-order chi connectivity index (χ0) is 14.9. The summed E-state index contributed by atoms with van der Waals surface area (Å²) in [6.07, 6.45) is 1.19. The van der Waals surface area contributed by atoms with Crippen molar-refractivity contribution in [1.29, 1.82) is 0 Å². The Hall–Kier alpha value is -2.63. The lowest BCUT2D eigenvalue weighted by molar-refractivity contribution is 0.0686. The number of nitrogens with one attached hydrogen (secondary N) is 2. The number of aryl methyl sites for hydroxylation is 3. The number of aromatic amines is 1. The van der Waals surface area contributed by atoms with Gasteiger partial charge in [-0.05, 0) is 31.9 Å². The smallest absolute Gasteiger partial charge is 0.354 e. The van der Waals surface area contributed by atoms with Crippen LogP contribution in [0.5, 0.6) is 0 Å². The molecule has 0 bridgehead atoms. The average Bonchev–Trinajstić information content (AvgIpc) is 2.82. The van der Waals surface area contributed by atoms with Crippen LogP contribution in [0, 0.1) is 20.8 Å². The summed E-state index contributed by atoms with van der Waals surface area (Å²) < 4.78 is 0. The van der Waals surface area contributed by atoms with Crippen LogP contribution in [0.4, 0.5) is 5.69 Å². The second-order valence-electron chi connectivity index (χ2n) is 4.66. The fourth-order valence-corrected chi connectivity index (χ4v) is 2.18. The summed E-state index contributed by atoms with van der Waals surface area (Å²) in [6, 6.07) is 3.90. The highest BCUT2D eigenvalue weighted by Gasteiger charge is 2.20. The summed E-state index contributed by atoms with van der Waals surface area (Å²) in [7, 11) is 0. The van der Waals surface area contributed by atoms with Crippen LogP contribution in [0.15, 0.2) is 18.5 Å². The topological polar surface area (TPSA) is 95.1 Å². The number of H-pyrrole nitrogens is 1. The summed E-state index contributed by atoms with van der Waals surface area (Å²) in [6.45, 7) is 5.75. The molecule has 3 N–H and O–H groups in total. The molecule has 6 nitrogen and oxygen atoms in total. The normalized spacial score (nSPS) is 10.3. The molecule has 0 spiro atoms. The number of nitrogens with zero attached hydrogens (tertiary/aromatic N) is 1. The maximum atomic E-state index is 12.1. The van der Waals surface area contributed by atoms with Crippen molar-refractivity contribution in [3.8, 4) is 0 Å². The largest absolute Gasteiger partial charge is 0.477 e. The molecule has 1 amide bonds. The average molecular weight is 273 g/mol. The predicted molar refractivity (Wildman–Crippen MR) is 74.2 cm³/mol. The van der Waals surface area contributed by atoms with E-state index in [4.69, 9.17) is 5.11 Å². The molecule has 104 valence electrons. The first-order valence-electron chi connectivity index (χ1n) is 6.06. The third kappa shape index (κ3) is 2.54. The Kier molecular flexibility index (Phi) is 3.56. The van der Waals surface area contributed by atoms with Crippen molar-refractivity contribution in [2.75, 3.05) is 5.32 Å². The third-order valence-electron chi connectivity index (χ3n) is 2.98. The minimum atomic E-state index is -1.22. The Morgan fingerprint density at radius 1 is 1.20 bits per heavy atom. The Bertz CT molecular complexity index is 666. The molecule has 0 saturated carbocycles. The van der Waals surface area contributed by atoms with Crippen LogP contribution in [0.25, 0.3) is 0 Å². The van der Waals surface area contributed by atoms with E-state index < -0.39 is 11.9 Å². The van der Waals surface area contributed by atoms with Gasteiger partial charge in [-0.3, -0.25) is 4.79 Å². The van der Waals surface area contributed by atoms with Crippen LogP contribution in [0.2, 0.25) is 0 Å². The molecule has 0 saturated heterocycles. The molecule has 6 heteroatoms. The molecule has 0 aliphatic carbocycles. The number of aromatic nitrogens is 2. The maximum absolute atomic E-state index is 12.1. The Labute approximate surface area is 115 Å². The van der Waals surface area contributed by atoms with Crippen molar-refractivity contribution in [1.82, 2.24) is 9.97 Å². The highest BCUT2D eigenvalue weighted by atomic mass is 16.4. The van der Waals surface area contributed by atoms with Gasteiger partial charge < -0.3 is 15.4 Å². The number of aromatic carboxylic acids is 1. The fraction of sp³-hybridized carbons (Fsp3) is 0.214. The maximum Gasteiger partial charge on any atom is 0.354 e. The highest BCUT2D eigenvalue weighted by molar-refractivity contribution is 6.09. The van der Waals surface area contributed by atoms with E-state index in [1.165, 1.54) is 6.33 Å². The van der Waals surface area contributed by atoms with Crippen LogP contribution in [-0.4, -0.2) is 27.0 Å². The molecule has 0 aliphatic heterocycles. The van der Waals surface area contributed by atoms with Crippen LogP contribution in [0.3, 0.4) is 0 Å². The van der Waals surface area contributed by atoms with E-state index >= 15 is 0 Å². The van der Waals surface area contributed by atoms with Crippen LogP contribution in [0.1, 0.15) is 37.7 Å². The van der Waals surface area contributed by atoms with Gasteiger partial charge in [0.25, 0.3) is 5.91 Å². The number of benzene rings is 1. The number of rotatable bonds is 3. The summed E-state index contributed by atoms with van der Waals surface area (Å²) in [4.78, 5) is 29.3. The molecule has 0 fully saturated rings. The first-order chi connectivity index (χ1) is 9.40. The van der Waals surface area contributed by atoms with Gasteiger partial charge in [0, 0.05) is 5.69 Å². The quantitative estimate of drug-likeness (QED) is 0.799. The van der Waals surface area contributed by atoms with Crippen molar-refractivity contribution in [3.05, 3.63) is 46.5 Å². The number of carboxylic acid groups (broad SMARTS) is 1. The molecule has 1 aromatic carbocycles. The molecule has 2 rings (SSSR count). The van der Waals surface area contributed by atoms with Gasteiger partial charge in [-0.15, -0.1) is 0 Å². The van der Waals surface area contributed by atoms with Crippen molar-refractivity contribution < 1.29 is 14.7 Å². The highest BCUT2D eigenvalue weighted by Crippen LogP contribution is 2.22. The molecule has 2 aromatic rings. The van der Waals surface area contributed by atoms with Crippen molar-refractivity contribution in [2.45, 2.75) is 20.8 Å². The Morgan fingerprint density at radius 2 is 1.80 bits per heavy atom. The Morgan fingerprint density at radius 3 is 2.35 bits per heavy atom. The number of carboxylic acids is 1. The number of imidazole rings is 1. The summed E-state index contributed by atoms with van der Waals surface area (Å²) in [5.74, 6) is -1.76. The minimum Gasteiger partial charge on any atom is -0.477 e. The first-order valence-corrected chi connectivity index (χ1v) is 6.06. The number of hydrogen-bond acceptors (Lipinski definition) is 3. The van der Waals surface area contributed by atoms with E-state index in [2.05, 4.69) is 15.3 Å². The molecular weight excluding hydrogens is 258 g/mol. The van der Waals surface area contributed by atoms with Crippen molar-refractivity contribution in [2.24, 2.45) is 0 Å². The number of anilines is 1. The van der Waals surface area contributed by atoms with Gasteiger partial charge in [-0.2, -0.15) is 0 Å². The predicted octanol–water partition coefficient (Wildman–Crippen LogP) is 2.29. The van der Waals surface area contributed by atoms with Gasteiger partial charge in [0.1, 0.15) is 0 Å².